The van der Waals surface area contributed by atoms with Crippen molar-refractivity contribution in [1.29, 1.82) is 5.41 Å². The molecule has 0 aromatic heterocycles. The molecular formula is C14H22N2O2. The Bertz CT molecular complexity index is 393. The molecule has 0 spiro atoms. The molecule has 3 N–H and O–H groups in total. The second kappa shape index (κ2) is 7.01. The van der Waals surface area contributed by atoms with Gasteiger partial charge in [-0.1, -0.05) is 25.1 Å². The van der Waals surface area contributed by atoms with Crippen molar-refractivity contribution in [3.63, 3.8) is 0 Å². The Morgan fingerprint density at radius 2 is 2.06 bits per heavy atom. The zero-order chi connectivity index (χ0) is 13.5. The van der Waals surface area contributed by atoms with E-state index in [1.165, 1.54) is 0 Å². The molecule has 100 valence electrons. The van der Waals surface area contributed by atoms with Crippen LogP contribution in [0, 0.1) is 5.41 Å². The highest BCUT2D eigenvalue weighted by Crippen LogP contribution is 2.25. The van der Waals surface area contributed by atoms with E-state index in [2.05, 4.69) is 0 Å². The standard InChI is InChI=1S/C14H22N2O2/c1-4-10(2)18-14(16)9-12(15)11-7-5-6-8-13(11)17-3/h5-8,10,12,16H,4,9,15H2,1-3H3. The summed E-state index contributed by atoms with van der Waals surface area (Å²) in [5, 5.41) is 7.79. The number of rotatable bonds is 6. The van der Waals surface area contributed by atoms with Gasteiger partial charge in [0.15, 0.2) is 5.90 Å². The quantitative estimate of drug-likeness (QED) is 0.602. The summed E-state index contributed by atoms with van der Waals surface area (Å²) in [6, 6.07) is 7.32. The van der Waals surface area contributed by atoms with Gasteiger partial charge in [0.1, 0.15) is 5.75 Å². The summed E-state index contributed by atoms with van der Waals surface area (Å²) in [7, 11) is 1.62. The highest BCUT2D eigenvalue weighted by Gasteiger charge is 2.15. The molecule has 18 heavy (non-hydrogen) atoms. The molecule has 4 heteroatoms. The first-order valence-corrected chi connectivity index (χ1v) is 6.21. The number of ether oxygens (including phenoxy) is 2. The number of hydrogen-bond donors (Lipinski definition) is 2. The van der Waals surface area contributed by atoms with Gasteiger partial charge in [0.25, 0.3) is 0 Å². The predicted molar refractivity (Wildman–Crippen MR) is 73.1 cm³/mol. The fourth-order valence-corrected chi connectivity index (χ4v) is 1.66. The molecule has 0 heterocycles. The molecule has 0 saturated heterocycles. The zero-order valence-corrected chi connectivity index (χ0v) is 11.3. The molecule has 0 radical (unpaired) electrons. The lowest BCUT2D eigenvalue weighted by molar-refractivity contribution is 0.193. The van der Waals surface area contributed by atoms with Crippen LogP contribution in [0.4, 0.5) is 0 Å². The third-order valence-electron chi connectivity index (χ3n) is 2.86. The van der Waals surface area contributed by atoms with E-state index in [1.807, 2.05) is 38.1 Å². The molecule has 2 atom stereocenters. The van der Waals surface area contributed by atoms with Crippen molar-refractivity contribution in [2.24, 2.45) is 5.73 Å². The molecule has 4 nitrogen and oxygen atoms in total. The molecule has 2 unspecified atom stereocenters. The lowest BCUT2D eigenvalue weighted by Crippen LogP contribution is -2.20. The minimum Gasteiger partial charge on any atom is -0.496 e. The molecule has 1 aromatic carbocycles. The van der Waals surface area contributed by atoms with Gasteiger partial charge in [-0.05, 0) is 19.4 Å². The van der Waals surface area contributed by atoms with Crippen molar-refractivity contribution in [3.8, 4) is 5.75 Å². The number of benzene rings is 1. The fraction of sp³-hybridized carbons (Fsp3) is 0.500. The second-order valence-corrected chi connectivity index (χ2v) is 4.31. The summed E-state index contributed by atoms with van der Waals surface area (Å²) in [6.07, 6.45) is 1.32. The number of para-hydroxylation sites is 1. The minimum atomic E-state index is -0.280. The van der Waals surface area contributed by atoms with Gasteiger partial charge < -0.3 is 15.2 Å². The molecule has 0 aliphatic carbocycles. The molecule has 0 aliphatic heterocycles. The van der Waals surface area contributed by atoms with E-state index >= 15 is 0 Å². The van der Waals surface area contributed by atoms with Gasteiger partial charge in [-0.25, -0.2) is 0 Å². The first-order valence-electron chi connectivity index (χ1n) is 6.21. The van der Waals surface area contributed by atoms with Gasteiger partial charge in [-0.3, -0.25) is 5.41 Å². The van der Waals surface area contributed by atoms with E-state index in [1.54, 1.807) is 7.11 Å². The number of nitrogens with two attached hydrogens (primary N) is 1. The van der Waals surface area contributed by atoms with E-state index in [0.29, 0.717) is 6.42 Å². The van der Waals surface area contributed by atoms with Gasteiger partial charge in [0.2, 0.25) is 0 Å². The summed E-state index contributed by atoms with van der Waals surface area (Å²) in [6.45, 7) is 3.97. The van der Waals surface area contributed by atoms with Crippen LogP contribution >= 0.6 is 0 Å². The topological polar surface area (TPSA) is 68.3 Å². The van der Waals surface area contributed by atoms with Crippen molar-refractivity contribution in [3.05, 3.63) is 29.8 Å². The molecule has 0 fully saturated rings. The van der Waals surface area contributed by atoms with Crippen molar-refractivity contribution in [1.82, 2.24) is 0 Å². The lowest BCUT2D eigenvalue weighted by atomic mass is 10.0. The SMILES string of the molecule is CCC(C)OC(=N)CC(N)c1ccccc1OC. The van der Waals surface area contributed by atoms with E-state index < -0.39 is 0 Å². The van der Waals surface area contributed by atoms with Gasteiger partial charge in [-0.15, -0.1) is 0 Å². The first-order chi connectivity index (χ1) is 8.58. The predicted octanol–water partition coefficient (Wildman–Crippen LogP) is 2.88. The number of hydrogen-bond acceptors (Lipinski definition) is 4. The number of methoxy groups -OCH3 is 1. The molecular weight excluding hydrogens is 228 g/mol. The van der Waals surface area contributed by atoms with Gasteiger partial charge in [0.05, 0.1) is 13.2 Å². The van der Waals surface area contributed by atoms with Crippen LogP contribution in [0.3, 0.4) is 0 Å². The normalized spacial score (nSPS) is 13.8. The minimum absolute atomic E-state index is 0.0577. The smallest absolute Gasteiger partial charge is 0.182 e. The highest BCUT2D eigenvalue weighted by atomic mass is 16.5. The van der Waals surface area contributed by atoms with Crippen LogP contribution in [0.15, 0.2) is 24.3 Å². The van der Waals surface area contributed by atoms with Crippen LogP contribution in [0.25, 0.3) is 0 Å². The largest absolute Gasteiger partial charge is 0.496 e. The summed E-state index contributed by atoms with van der Waals surface area (Å²) in [4.78, 5) is 0. The van der Waals surface area contributed by atoms with Gasteiger partial charge in [0, 0.05) is 18.0 Å². The van der Waals surface area contributed by atoms with Crippen LogP contribution in [0.5, 0.6) is 5.75 Å². The Morgan fingerprint density at radius 3 is 2.67 bits per heavy atom. The average Bonchev–Trinajstić information content (AvgIpc) is 2.38. The van der Waals surface area contributed by atoms with E-state index in [9.17, 15) is 0 Å². The maximum atomic E-state index is 7.79. The summed E-state index contributed by atoms with van der Waals surface area (Å²) < 4.78 is 10.7. The third-order valence-corrected chi connectivity index (χ3v) is 2.86. The Kier molecular flexibility index (Phi) is 5.65. The fourth-order valence-electron chi connectivity index (χ4n) is 1.66. The molecule has 0 amide bonds. The summed E-state index contributed by atoms with van der Waals surface area (Å²) >= 11 is 0. The molecule has 0 aliphatic rings. The molecule has 0 bridgehead atoms. The molecule has 1 rings (SSSR count). The summed E-state index contributed by atoms with van der Waals surface area (Å²) in [5.41, 5.74) is 6.99. The van der Waals surface area contributed by atoms with Crippen LogP contribution in [-0.2, 0) is 4.74 Å². The van der Waals surface area contributed by atoms with E-state index in [4.69, 9.17) is 20.6 Å². The Morgan fingerprint density at radius 1 is 1.39 bits per heavy atom. The van der Waals surface area contributed by atoms with E-state index in [0.717, 1.165) is 17.7 Å². The van der Waals surface area contributed by atoms with Crippen molar-refractivity contribution >= 4 is 5.90 Å². The van der Waals surface area contributed by atoms with E-state index in [-0.39, 0.29) is 18.0 Å². The van der Waals surface area contributed by atoms with Crippen molar-refractivity contribution in [2.75, 3.05) is 7.11 Å². The van der Waals surface area contributed by atoms with Gasteiger partial charge in [-0.2, -0.15) is 0 Å². The highest BCUT2D eigenvalue weighted by molar-refractivity contribution is 5.73. The average molecular weight is 250 g/mol. The van der Waals surface area contributed by atoms with Crippen molar-refractivity contribution in [2.45, 2.75) is 38.8 Å². The van der Waals surface area contributed by atoms with Gasteiger partial charge >= 0.3 is 0 Å². The lowest BCUT2D eigenvalue weighted by Gasteiger charge is -2.18. The second-order valence-electron chi connectivity index (χ2n) is 4.31. The van der Waals surface area contributed by atoms with Crippen LogP contribution < -0.4 is 10.5 Å². The number of nitrogens with one attached hydrogen (secondary N) is 1. The molecule has 1 aromatic rings. The maximum Gasteiger partial charge on any atom is 0.182 e. The zero-order valence-electron chi connectivity index (χ0n) is 11.3. The van der Waals surface area contributed by atoms with Crippen LogP contribution in [0.2, 0.25) is 0 Å². The maximum absolute atomic E-state index is 7.79. The van der Waals surface area contributed by atoms with Crippen LogP contribution in [0.1, 0.15) is 38.3 Å². The van der Waals surface area contributed by atoms with Crippen LogP contribution in [-0.4, -0.2) is 19.1 Å². The Balaban J connectivity index is 2.64. The Hall–Kier alpha value is -1.55. The van der Waals surface area contributed by atoms with Crippen molar-refractivity contribution < 1.29 is 9.47 Å². The monoisotopic (exact) mass is 250 g/mol. The third kappa shape index (κ3) is 4.04. The Labute approximate surface area is 109 Å². The molecule has 0 saturated carbocycles. The first kappa shape index (κ1) is 14.5. The summed E-state index contributed by atoms with van der Waals surface area (Å²) in [5.74, 6) is 0.976.